The Morgan fingerprint density at radius 3 is 2.64 bits per heavy atom. The van der Waals surface area contributed by atoms with Gasteiger partial charge in [0, 0.05) is 31.4 Å². The summed E-state index contributed by atoms with van der Waals surface area (Å²) in [5.41, 5.74) is 6.62. The van der Waals surface area contributed by atoms with Crippen molar-refractivity contribution in [2.24, 2.45) is 11.7 Å². The maximum atomic E-state index is 11.5. The van der Waals surface area contributed by atoms with E-state index in [0.29, 0.717) is 19.8 Å². The molecule has 2 aromatic rings. The van der Waals surface area contributed by atoms with E-state index in [9.17, 15) is 4.79 Å². The van der Waals surface area contributed by atoms with Gasteiger partial charge in [0.05, 0.1) is 32.8 Å². The van der Waals surface area contributed by atoms with Crippen molar-refractivity contribution in [1.29, 1.82) is 0 Å². The van der Waals surface area contributed by atoms with Gasteiger partial charge in [-0.25, -0.2) is 4.68 Å². The first-order chi connectivity index (χ1) is 13.6. The Bertz CT molecular complexity index is 755. The Balaban J connectivity index is 1.88. The van der Waals surface area contributed by atoms with Gasteiger partial charge in [-0.2, -0.15) is 0 Å². The Morgan fingerprint density at radius 2 is 2.04 bits per heavy atom. The molecule has 1 saturated heterocycles. The topological polar surface area (TPSA) is 110 Å². The fraction of sp³-hybridized carbons (Fsp3) is 0.579. The number of nitrogens with zero attached hydrogens (tertiary/aromatic N) is 4. The number of nitrogens with one attached hydrogen (secondary N) is 1. The van der Waals surface area contributed by atoms with Crippen LogP contribution in [-0.4, -0.2) is 59.5 Å². The van der Waals surface area contributed by atoms with Crippen LogP contribution in [0.5, 0.6) is 5.75 Å². The van der Waals surface area contributed by atoms with Crippen LogP contribution in [-0.2, 0) is 16.1 Å². The molecule has 152 valence electrons. The van der Waals surface area contributed by atoms with Crippen LogP contribution < -0.4 is 15.4 Å². The van der Waals surface area contributed by atoms with E-state index in [2.05, 4.69) is 27.7 Å². The van der Waals surface area contributed by atoms with Crippen molar-refractivity contribution in [3.63, 3.8) is 0 Å². The molecule has 3 rings (SSSR count). The number of amides is 1. The summed E-state index contributed by atoms with van der Waals surface area (Å²) >= 11 is 0. The highest BCUT2D eigenvalue weighted by atomic mass is 16.5. The number of likely N-dealkylation sites (tertiary alicyclic amines) is 1. The maximum absolute atomic E-state index is 11.5. The van der Waals surface area contributed by atoms with Gasteiger partial charge in [0.25, 0.3) is 0 Å². The predicted octanol–water partition coefficient (Wildman–Crippen LogP) is -0.412. The van der Waals surface area contributed by atoms with Crippen molar-refractivity contribution in [3.8, 4) is 5.75 Å². The van der Waals surface area contributed by atoms with Gasteiger partial charge < -0.3 is 20.1 Å². The second-order valence-electron chi connectivity index (χ2n) is 7.02. The third-order valence-corrected chi connectivity index (χ3v) is 5.29. The first-order valence-corrected chi connectivity index (χ1v) is 9.75. The normalized spacial score (nSPS) is 20.6. The van der Waals surface area contributed by atoms with E-state index in [0.717, 1.165) is 43.1 Å². The second kappa shape index (κ2) is 9.61. The summed E-state index contributed by atoms with van der Waals surface area (Å²) < 4.78 is 12.6. The standard InChI is InChI=1S/C19H28N6O3/c1-3-28-16-6-4-14(5-7-16)17(19-21-22-23-25(19)12-13-27-2)24-10-8-15(9-11-24)18(20)26/h4-7,15,17H,3,8-13H2,1-2H3,(H2,20,26)/p+1/t17-/m1/s1. The lowest BCUT2D eigenvalue weighted by Gasteiger charge is -2.33. The first-order valence-electron chi connectivity index (χ1n) is 9.75. The molecule has 0 saturated carbocycles. The fourth-order valence-electron chi connectivity index (χ4n) is 3.81. The summed E-state index contributed by atoms with van der Waals surface area (Å²) in [6.45, 7) is 5.39. The number of tetrazole rings is 1. The molecule has 1 aliphatic rings. The molecule has 1 aromatic carbocycles. The molecular formula is C19H29N6O3+. The number of nitrogens with two attached hydrogens (primary N) is 1. The predicted molar refractivity (Wildman–Crippen MR) is 102 cm³/mol. The molecule has 1 aromatic heterocycles. The number of hydrogen-bond acceptors (Lipinski definition) is 6. The lowest BCUT2D eigenvalue weighted by atomic mass is 9.93. The van der Waals surface area contributed by atoms with E-state index in [4.69, 9.17) is 15.2 Å². The molecule has 9 heteroatoms. The van der Waals surface area contributed by atoms with Gasteiger partial charge in [-0.3, -0.25) is 4.79 Å². The Morgan fingerprint density at radius 1 is 1.32 bits per heavy atom. The number of carbonyl (C=O) groups is 1. The first kappa shape index (κ1) is 20.2. The van der Waals surface area contributed by atoms with Crippen molar-refractivity contribution < 1.29 is 19.2 Å². The number of aromatic nitrogens is 4. The molecule has 3 N–H and O–H groups in total. The molecule has 9 nitrogen and oxygen atoms in total. The number of methoxy groups -OCH3 is 1. The molecule has 0 bridgehead atoms. The maximum Gasteiger partial charge on any atom is 0.220 e. The monoisotopic (exact) mass is 389 g/mol. The minimum Gasteiger partial charge on any atom is -0.494 e. The summed E-state index contributed by atoms with van der Waals surface area (Å²) in [5, 5.41) is 12.4. The highest BCUT2D eigenvalue weighted by Gasteiger charge is 2.35. The van der Waals surface area contributed by atoms with E-state index in [1.807, 2.05) is 19.1 Å². The molecule has 2 heterocycles. The number of benzene rings is 1. The smallest absolute Gasteiger partial charge is 0.220 e. The lowest BCUT2D eigenvalue weighted by Crippen LogP contribution is -3.13. The van der Waals surface area contributed by atoms with Crippen LogP contribution in [0.2, 0.25) is 0 Å². The second-order valence-corrected chi connectivity index (χ2v) is 7.02. The van der Waals surface area contributed by atoms with Gasteiger partial charge >= 0.3 is 0 Å². The number of carbonyl (C=O) groups excluding carboxylic acids is 1. The zero-order chi connectivity index (χ0) is 19.9. The molecule has 0 aliphatic carbocycles. The molecule has 0 radical (unpaired) electrons. The van der Waals surface area contributed by atoms with Crippen LogP contribution in [0.15, 0.2) is 24.3 Å². The van der Waals surface area contributed by atoms with Crippen molar-refractivity contribution in [1.82, 2.24) is 20.2 Å². The number of quaternary nitrogens is 1. The van der Waals surface area contributed by atoms with Gasteiger partial charge in [0.15, 0.2) is 6.04 Å². The molecule has 1 fully saturated rings. The van der Waals surface area contributed by atoms with E-state index in [-0.39, 0.29) is 17.9 Å². The summed E-state index contributed by atoms with van der Waals surface area (Å²) in [5.74, 6) is 1.39. The molecule has 0 spiro atoms. The van der Waals surface area contributed by atoms with Gasteiger partial charge in [0.1, 0.15) is 5.75 Å². The molecule has 1 atom stereocenters. The minimum absolute atomic E-state index is 0.0311. The largest absolute Gasteiger partial charge is 0.494 e. The van der Waals surface area contributed by atoms with E-state index in [1.165, 1.54) is 4.90 Å². The minimum atomic E-state index is -0.207. The molecule has 0 unspecified atom stereocenters. The van der Waals surface area contributed by atoms with Crippen molar-refractivity contribution >= 4 is 5.91 Å². The number of rotatable bonds is 9. The Hall–Kier alpha value is -2.52. The van der Waals surface area contributed by atoms with Crippen molar-refractivity contribution in [2.75, 3.05) is 33.4 Å². The van der Waals surface area contributed by atoms with Crippen LogP contribution in [0.4, 0.5) is 0 Å². The third kappa shape index (κ3) is 4.66. The van der Waals surface area contributed by atoms with Crippen LogP contribution in [0.1, 0.15) is 37.2 Å². The number of piperidine rings is 1. The quantitative estimate of drug-likeness (QED) is 0.603. The summed E-state index contributed by atoms with van der Waals surface area (Å²) in [6.07, 6.45) is 1.55. The number of hydrogen-bond donors (Lipinski definition) is 2. The average molecular weight is 389 g/mol. The molecule has 28 heavy (non-hydrogen) atoms. The number of primary amides is 1. The molecule has 1 amide bonds. The van der Waals surface area contributed by atoms with Gasteiger partial charge in [-0.05, 0) is 41.6 Å². The third-order valence-electron chi connectivity index (χ3n) is 5.29. The van der Waals surface area contributed by atoms with Gasteiger partial charge in [0.2, 0.25) is 11.7 Å². The Kier molecular flexibility index (Phi) is 6.94. The molecule has 1 aliphatic heterocycles. The average Bonchev–Trinajstić information content (AvgIpc) is 3.16. The summed E-state index contributed by atoms with van der Waals surface area (Å²) in [6, 6.07) is 8.06. The number of ether oxygens (including phenoxy) is 2. The van der Waals surface area contributed by atoms with E-state index < -0.39 is 0 Å². The Labute approximate surface area is 164 Å². The summed E-state index contributed by atoms with van der Waals surface area (Å²) in [4.78, 5) is 12.9. The van der Waals surface area contributed by atoms with Crippen LogP contribution in [0.25, 0.3) is 0 Å². The van der Waals surface area contributed by atoms with Crippen LogP contribution >= 0.6 is 0 Å². The summed E-state index contributed by atoms with van der Waals surface area (Å²) in [7, 11) is 1.66. The fourth-order valence-corrected chi connectivity index (χ4v) is 3.81. The van der Waals surface area contributed by atoms with Crippen molar-refractivity contribution in [2.45, 2.75) is 32.4 Å². The van der Waals surface area contributed by atoms with E-state index >= 15 is 0 Å². The highest BCUT2D eigenvalue weighted by molar-refractivity contribution is 5.76. The van der Waals surface area contributed by atoms with E-state index in [1.54, 1.807) is 11.8 Å². The SMILES string of the molecule is CCOc1ccc([C@H](c2nnnn2CCOC)[NH+]2CCC(C(N)=O)CC2)cc1. The highest BCUT2D eigenvalue weighted by Crippen LogP contribution is 2.22. The zero-order valence-electron chi connectivity index (χ0n) is 16.5. The van der Waals surface area contributed by atoms with Gasteiger partial charge in [-0.15, -0.1) is 5.10 Å². The van der Waals surface area contributed by atoms with Crippen LogP contribution in [0, 0.1) is 5.92 Å². The lowest BCUT2D eigenvalue weighted by molar-refractivity contribution is -0.931. The van der Waals surface area contributed by atoms with Crippen molar-refractivity contribution in [3.05, 3.63) is 35.7 Å². The van der Waals surface area contributed by atoms with Crippen LogP contribution in [0.3, 0.4) is 0 Å². The zero-order valence-corrected chi connectivity index (χ0v) is 16.5. The van der Waals surface area contributed by atoms with Gasteiger partial charge in [-0.1, -0.05) is 0 Å². The molecular weight excluding hydrogens is 360 g/mol.